The molecule has 1 aromatic carbocycles. The van der Waals surface area contributed by atoms with Gasteiger partial charge in [0.05, 0.1) is 19.4 Å². The van der Waals surface area contributed by atoms with Crippen LogP contribution in [0.25, 0.3) is 0 Å². The van der Waals surface area contributed by atoms with Gasteiger partial charge in [-0.3, -0.25) is 9.59 Å². The molecule has 0 radical (unpaired) electrons. The van der Waals surface area contributed by atoms with E-state index in [1.807, 2.05) is 31.2 Å². The molecule has 1 aromatic rings. The van der Waals surface area contributed by atoms with Crippen molar-refractivity contribution in [2.24, 2.45) is 5.10 Å². The number of nitrogens with one attached hydrogen (secondary N) is 2. The van der Waals surface area contributed by atoms with Crippen molar-refractivity contribution in [2.45, 2.75) is 90.9 Å². The van der Waals surface area contributed by atoms with E-state index in [4.69, 9.17) is 4.74 Å². The second kappa shape index (κ2) is 18.4. The Hall–Kier alpha value is -2.37. The lowest BCUT2D eigenvalue weighted by atomic mass is 10.1. The van der Waals surface area contributed by atoms with Gasteiger partial charge < -0.3 is 10.1 Å². The third kappa shape index (κ3) is 14.3. The van der Waals surface area contributed by atoms with Gasteiger partial charge in [-0.05, 0) is 25.5 Å². The van der Waals surface area contributed by atoms with Crippen LogP contribution >= 0.6 is 0 Å². The van der Waals surface area contributed by atoms with Gasteiger partial charge in [-0.15, -0.1) is 0 Å². The molecule has 174 valence electrons. The van der Waals surface area contributed by atoms with Gasteiger partial charge in [-0.1, -0.05) is 83.3 Å². The van der Waals surface area contributed by atoms with Gasteiger partial charge in [-0.2, -0.15) is 5.10 Å². The maximum Gasteiger partial charge on any atom is 0.259 e. The molecule has 0 aromatic heterocycles. The van der Waals surface area contributed by atoms with Crippen LogP contribution in [0.5, 0.6) is 5.75 Å². The molecule has 0 atom stereocenters. The summed E-state index contributed by atoms with van der Waals surface area (Å²) >= 11 is 0. The summed E-state index contributed by atoms with van der Waals surface area (Å²) in [5, 5.41) is 6.59. The molecule has 0 bridgehead atoms. The van der Waals surface area contributed by atoms with Crippen molar-refractivity contribution >= 4 is 18.0 Å². The van der Waals surface area contributed by atoms with Crippen LogP contribution in [0.4, 0.5) is 0 Å². The van der Waals surface area contributed by atoms with Crippen molar-refractivity contribution in [1.82, 2.24) is 10.7 Å². The zero-order valence-electron chi connectivity index (χ0n) is 19.5. The lowest BCUT2D eigenvalue weighted by Gasteiger charge is -2.06. The summed E-state index contributed by atoms with van der Waals surface area (Å²) in [5.41, 5.74) is 3.21. The van der Waals surface area contributed by atoms with Gasteiger partial charge in [0.25, 0.3) is 5.91 Å². The number of amides is 2. The van der Waals surface area contributed by atoms with Crippen LogP contribution in [-0.2, 0) is 9.59 Å². The van der Waals surface area contributed by atoms with Gasteiger partial charge in [-0.25, -0.2) is 5.43 Å². The fourth-order valence-electron chi connectivity index (χ4n) is 3.30. The van der Waals surface area contributed by atoms with E-state index in [2.05, 4.69) is 22.8 Å². The highest BCUT2D eigenvalue weighted by Gasteiger charge is 2.05. The van der Waals surface area contributed by atoms with Crippen molar-refractivity contribution in [1.29, 1.82) is 0 Å². The number of benzene rings is 1. The number of hydrogen-bond donors (Lipinski definition) is 2. The topological polar surface area (TPSA) is 79.8 Å². The number of hydrazone groups is 1. The van der Waals surface area contributed by atoms with Crippen molar-refractivity contribution < 1.29 is 14.3 Å². The normalized spacial score (nSPS) is 10.9. The maximum absolute atomic E-state index is 11.9. The first-order chi connectivity index (χ1) is 15.2. The molecule has 0 aliphatic carbocycles. The predicted octanol–water partition coefficient (Wildman–Crippen LogP) is 5.35. The Bertz CT molecular complexity index is 647. The van der Waals surface area contributed by atoms with Crippen LogP contribution in [0.15, 0.2) is 29.4 Å². The molecule has 0 heterocycles. The zero-order valence-corrected chi connectivity index (χ0v) is 19.5. The van der Waals surface area contributed by atoms with Gasteiger partial charge in [0.1, 0.15) is 5.75 Å². The summed E-state index contributed by atoms with van der Waals surface area (Å²) in [7, 11) is 0. The van der Waals surface area contributed by atoms with Gasteiger partial charge in [0.2, 0.25) is 5.91 Å². The second-order valence-electron chi connectivity index (χ2n) is 7.83. The van der Waals surface area contributed by atoms with E-state index in [0.717, 1.165) is 18.4 Å². The van der Waals surface area contributed by atoms with E-state index in [1.165, 1.54) is 64.0 Å². The molecular formula is C25H41N3O3. The summed E-state index contributed by atoms with van der Waals surface area (Å²) in [4.78, 5) is 23.7. The summed E-state index contributed by atoms with van der Waals surface area (Å²) in [6, 6.07) is 7.46. The Kier molecular flexibility index (Phi) is 15.8. The molecule has 0 saturated heterocycles. The van der Waals surface area contributed by atoms with E-state index in [1.54, 1.807) is 0 Å². The molecule has 6 heteroatoms. The number of ether oxygens (including phenoxy) is 1. The highest BCUT2D eigenvalue weighted by molar-refractivity contribution is 5.87. The van der Waals surface area contributed by atoms with Crippen molar-refractivity contribution in [2.75, 3.05) is 13.2 Å². The van der Waals surface area contributed by atoms with Gasteiger partial charge in [0.15, 0.2) is 0 Å². The van der Waals surface area contributed by atoms with E-state index >= 15 is 0 Å². The Morgan fingerprint density at radius 2 is 1.48 bits per heavy atom. The maximum atomic E-state index is 11.9. The average molecular weight is 432 g/mol. The van der Waals surface area contributed by atoms with E-state index in [0.29, 0.717) is 18.8 Å². The van der Waals surface area contributed by atoms with Crippen molar-refractivity contribution in [3.05, 3.63) is 29.8 Å². The number of carbonyl (C=O) groups is 2. The molecule has 0 saturated carbocycles. The predicted molar refractivity (Wildman–Crippen MR) is 127 cm³/mol. The largest absolute Gasteiger partial charge is 0.493 e. The summed E-state index contributed by atoms with van der Waals surface area (Å²) in [6.07, 6.45) is 15.8. The van der Waals surface area contributed by atoms with Crippen LogP contribution < -0.4 is 15.5 Å². The molecule has 0 aliphatic rings. The van der Waals surface area contributed by atoms with Crippen molar-refractivity contribution in [3.8, 4) is 5.75 Å². The minimum atomic E-state index is -0.350. The average Bonchev–Trinajstić information content (AvgIpc) is 2.77. The first-order valence-electron chi connectivity index (χ1n) is 12.0. The number of nitrogens with zero attached hydrogens (tertiary/aromatic N) is 1. The fraction of sp³-hybridized carbons (Fsp3) is 0.640. The molecule has 31 heavy (non-hydrogen) atoms. The van der Waals surface area contributed by atoms with Crippen LogP contribution in [0, 0.1) is 0 Å². The Balaban J connectivity index is 2.04. The summed E-state index contributed by atoms with van der Waals surface area (Å²) in [6.45, 7) is 4.65. The smallest absolute Gasteiger partial charge is 0.259 e. The van der Waals surface area contributed by atoms with Crippen LogP contribution in [0.2, 0.25) is 0 Å². The summed E-state index contributed by atoms with van der Waals surface area (Å²) < 4.78 is 5.50. The first-order valence-corrected chi connectivity index (χ1v) is 12.0. The van der Waals surface area contributed by atoms with Gasteiger partial charge in [0, 0.05) is 12.0 Å². The lowest BCUT2D eigenvalue weighted by Crippen LogP contribution is -2.34. The van der Waals surface area contributed by atoms with Crippen LogP contribution in [-0.4, -0.2) is 31.2 Å². The number of rotatable bonds is 18. The molecule has 6 nitrogen and oxygen atoms in total. The van der Waals surface area contributed by atoms with E-state index in [-0.39, 0.29) is 18.4 Å². The van der Waals surface area contributed by atoms with Gasteiger partial charge >= 0.3 is 0 Å². The Morgan fingerprint density at radius 3 is 2.13 bits per heavy atom. The Morgan fingerprint density at radius 1 is 0.871 bits per heavy atom. The molecule has 0 aliphatic heterocycles. The van der Waals surface area contributed by atoms with E-state index in [9.17, 15) is 9.59 Å². The number of hydrogen-bond acceptors (Lipinski definition) is 4. The molecule has 0 unspecified atom stereocenters. The van der Waals surface area contributed by atoms with Crippen molar-refractivity contribution in [3.63, 3.8) is 0 Å². The quantitative estimate of drug-likeness (QED) is 0.187. The standard InChI is InChI=1S/C25H41N3O3/c1-3-5-6-7-8-9-10-11-12-13-14-19-24(29)26-21-25(30)28-27-20-22-17-15-16-18-23(22)31-4-2/h15-18,20H,3-14,19,21H2,1-2H3,(H,26,29)(H,28,30)/b27-20-. The third-order valence-electron chi connectivity index (χ3n) is 5.07. The van der Waals surface area contributed by atoms with Crippen LogP contribution in [0.1, 0.15) is 96.5 Å². The molecule has 2 N–H and O–H groups in total. The fourth-order valence-corrected chi connectivity index (χ4v) is 3.30. The first kappa shape index (κ1) is 26.7. The number of unbranched alkanes of at least 4 members (excludes halogenated alkanes) is 10. The highest BCUT2D eigenvalue weighted by atomic mass is 16.5. The van der Waals surface area contributed by atoms with E-state index < -0.39 is 0 Å². The molecular weight excluding hydrogens is 390 g/mol. The third-order valence-corrected chi connectivity index (χ3v) is 5.07. The minimum absolute atomic E-state index is 0.0681. The summed E-state index contributed by atoms with van der Waals surface area (Å²) in [5.74, 6) is 0.275. The monoisotopic (exact) mass is 431 g/mol. The Labute approximate surface area is 188 Å². The second-order valence-corrected chi connectivity index (χ2v) is 7.83. The molecule has 2 amide bonds. The number of carbonyl (C=O) groups excluding carboxylic acids is 2. The molecule has 1 rings (SSSR count). The lowest BCUT2D eigenvalue weighted by molar-refractivity contribution is -0.126. The van der Waals surface area contributed by atoms with Crippen LogP contribution in [0.3, 0.4) is 0 Å². The highest BCUT2D eigenvalue weighted by Crippen LogP contribution is 2.15. The molecule has 0 spiro atoms. The zero-order chi connectivity index (χ0) is 22.6. The number of para-hydroxylation sites is 1. The minimum Gasteiger partial charge on any atom is -0.493 e. The SMILES string of the molecule is CCCCCCCCCCCCCC(=O)NCC(=O)N/N=C\c1ccccc1OCC. The molecule has 0 fully saturated rings.